The van der Waals surface area contributed by atoms with Gasteiger partial charge in [-0.3, -0.25) is 14.5 Å². The SMILES string of the molecule is [B]c1ccc2c(c1)C1(CC1)CN(CC(=O)N[C@@H]1CCN(Cc3ccccc3)C1)C2=O.[HH]. The molecule has 5 nitrogen and oxygen atoms in total. The number of hydrogen-bond donors (Lipinski definition) is 1. The molecule has 1 N–H and O–H groups in total. The molecule has 0 bridgehead atoms. The molecule has 2 aromatic rings. The highest BCUT2D eigenvalue weighted by atomic mass is 16.2. The van der Waals surface area contributed by atoms with E-state index in [0.717, 1.165) is 44.5 Å². The van der Waals surface area contributed by atoms with Gasteiger partial charge in [-0.05, 0) is 36.5 Å². The molecular weight excluding hydrogens is 373 g/mol. The smallest absolute Gasteiger partial charge is 0.254 e. The zero-order valence-corrected chi connectivity index (χ0v) is 17.1. The molecule has 6 heteroatoms. The van der Waals surface area contributed by atoms with E-state index >= 15 is 0 Å². The lowest BCUT2D eigenvalue weighted by atomic mass is 9.82. The van der Waals surface area contributed by atoms with Crippen LogP contribution in [0.4, 0.5) is 0 Å². The van der Waals surface area contributed by atoms with Crippen LogP contribution in [0.5, 0.6) is 0 Å². The first kappa shape index (κ1) is 19.4. The molecule has 1 saturated carbocycles. The molecule has 2 fully saturated rings. The number of fused-ring (bicyclic) bond motifs is 2. The highest BCUT2D eigenvalue weighted by Gasteiger charge is 2.51. The number of carbonyl (C=O) groups is 2. The van der Waals surface area contributed by atoms with Crippen molar-refractivity contribution in [3.63, 3.8) is 0 Å². The van der Waals surface area contributed by atoms with Gasteiger partial charge >= 0.3 is 0 Å². The fraction of sp³-hybridized carbons (Fsp3) is 0.417. The van der Waals surface area contributed by atoms with Crippen molar-refractivity contribution in [3.05, 3.63) is 65.2 Å². The van der Waals surface area contributed by atoms with Gasteiger partial charge in [-0.15, -0.1) is 0 Å². The van der Waals surface area contributed by atoms with Crippen molar-refractivity contribution in [2.75, 3.05) is 26.2 Å². The third-order valence-electron chi connectivity index (χ3n) is 6.70. The molecule has 1 aliphatic carbocycles. The van der Waals surface area contributed by atoms with E-state index in [2.05, 4.69) is 34.5 Å². The van der Waals surface area contributed by atoms with Crippen molar-refractivity contribution < 1.29 is 11.0 Å². The quantitative estimate of drug-likeness (QED) is 0.775. The number of likely N-dealkylation sites (tertiary alicyclic amines) is 1. The average Bonchev–Trinajstić information content (AvgIpc) is 3.38. The summed E-state index contributed by atoms with van der Waals surface area (Å²) in [4.78, 5) is 29.8. The van der Waals surface area contributed by atoms with Crippen molar-refractivity contribution in [2.24, 2.45) is 0 Å². The number of nitrogens with one attached hydrogen (secondary N) is 1. The first-order chi connectivity index (χ1) is 14.5. The second-order valence-corrected chi connectivity index (χ2v) is 9.02. The molecule has 0 unspecified atom stereocenters. The summed E-state index contributed by atoms with van der Waals surface area (Å²) in [5.41, 5.74) is 3.75. The Morgan fingerprint density at radius 2 is 2.00 bits per heavy atom. The third kappa shape index (κ3) is 3.76. The minimum absolute atomic E-state index is 0. The number of hydrogen-bond acceptors (Lipinski definition) is 3. The zero-order chi connectivity index (χ0) is 20.7. The summed E-state index contributed by atoms with van der Waals surface area (Å²) in [7, 11) is 5.95. The van der Waals surface area contributed by atoms with Crippen LogP contribution in [0, 0.1) is 0 Å². The maximum atomic E-state index is 13.0. The molecule has 3 aliphatic rings. The lowest BCUT2D eigenvalue weighted by Gasteiger charge is -2.34. The Morgan fingerprint density at radius 3 is 2.77 bits per heavy atom. The lowest BCUT2D eigenvalue weighted by molar-refractivity contribution is -0.122. The molecule has 2 heterocycles. The minimum Gasteiger partial charge on any atom is -0.350 e. The predicted octanol–water partition coefficient (Wildman–Crippen LogP) is 1.60. The van der Waals surface area contributed by atoms with Crippen molar-refractivity contribution >= 4 is 25.1 Å². The van der Waals surface area contributed by atoms with Gasteiger partial charge in [-0.25, -0.2) is 0 Å². The molecular formula is C24H28BN3O2. The first-order valence-electron chi connectivity index (χ1n) is 10.8. The summed E-state index contributed by atoms with van der Waals surface area (Å²) in [5, 5.41) is 3.15. The number of carbonyl (C=O) groups excluding carboxylic acids is 2. The van der Waals surface area contributed by atoms with E-state index in [1.807, 2.05) is 18.2 Å². The average molecular weight is 401 g/mol. The molecule has 5 rings (SSSR count). The topological polar surface area (TPSA) is 52.7 Å². The second kappa shape index (κ2) is 7.58. The van der Waals surface area contributed by atoms with Crippen LogP contribution in [0.2, 0.25) is 0 Å². The summed E-state index contributed by atoms with van der Waals surface area (Å²) in [6.45, 7) is 3.46. The van der Waals surface area contributed by atoms with Gasteiger partial charge in [-0.1, -0.05) is 47.9 Å². The van der Waals surface area contributed by atoms with Crippen LogP contribution in [-0.4, -0.2) is 61.7 Å². The highest BCUT2D eigenvalue weighted by molar-refractivity contribution is 6.32. The molecule has 0 aromatic heterocycles. The van der Waals surface area contributed by atoms with Crippen LogP contribution in [0.3, 0.4) is 0 Å². The predicted molar refractivity (Wildman–Crippen MR) is 119 cm³/mol. The van der Waals surface area contributed by atoms with Gasteiger partial charge in [0.05, 0.1) is 6.54 Å². The molecule has 2 aliphatic heterocycles. The summed E-state index contributed by atoms with van der Waals surface area (Å²) < 4.78 is 0. The fourth-order valence-corrected chi connectivity index (χ4v) is 4.97. The number of benzene rings is 2. The normalized spacial score (nSPS) is 22.2. The van der Waals surface area contributed by atoms with Crippen LogP contribution < -0.4 is 10.8 Å². The molecule has 1 atom stereocenters. The van der Waals surface area contributed by atoms with Gasteiger partial charge < -0.3 is 10.2 Å². The van der Waals surface area contributed by atoms with Crippen molar-refractivity contribution in [1.29, 1.82) is 0 Å². The molecule has 1 saturated heterocycles. The summed E-state index contributed by atoms with van der Waals surface area (Å²) in [6, 6.07) is 16.1. The zero-order valence-electron chi connectivity index (χ0n) is 17.1. The van der Waals surface area contributed by atoms with E-state index in [-0.39, 0.29) is 31.2 Å². The van der Waals surface area contributed by atoms with Crippen molar-refractivity contribution in [1.82, 2.24) is 15.1 Å². The van der Waals surface area contributed by atoms with Crippen molar-refractivity contribution in [2.45, 2.75) is 37.3 Å². The van der Waals surface area contributed by atoms with Gasteiger partial charge in [0, 0.05) is 44.6 Å². The molecule has 1 spiro atoms. The lowest BCUT2D eigenvalue weighted by Crippen LogP contribution is -2.50. The van der Waals surface area contributed by atoms with Gasteiger partial charge in [0.15, 0.2) is 0 Å². The summed E-state index contributed by atoms with van der Waals surface area (Å²) in [6.07, 6.45) is 3.04. The van der Waals surface area contributed by atoms with E-state index in [4.69, 9.17) is 7.85 Å². The van der Waals surface area contributed by atoms with E-state index < -0.39 is 0 Å². The van der Waals surface area contributed by atoms with E-state index in [9.17, 15) is 9.59 Å². The van der Waals surface area contributed by atoms with Crippen LogP contribution in [0.1, 0.15) is 42.2 Å². The minimum atomic E-state index is -0.0652. The standard InChI is InChI=1S/C24H26BN3O2.H2/c25-18-6-7-20-21(12-18)24(9-10-24)16-28(23(20)30)15-22(29)26-19-8-11-27(14-19)13-17-4-2-1-3-5-17;/h1-7,12,19H,8-11,13-16H2,(H,26,29);1H/t19-;/m1./s1. The molecule has 2 radical (unpaired) electrons. The van der Waals surface area contributed by atoms with Crippen LogP contribution in [-0.2, 0) is 16.8 Å². The Hall–Kier alpha value is -2.60. The van der Waals surface area contributed by atoms with Gasteiger partial charge in [0.25, 0.3) is 5.91 Å². The van der Waals surface area contributed by atoms with E-state index in [1.54, 1.807) is 11.0 Å². The highest BCUT2D eigenvalue weighted by Crippen LogP contribution is 2.51. The van der Waals surface area contributed by atoms with Gasteiger partial charge in [0.2, 0.25) is 5.91 Å². The second-order valence-electron chi connectivity index (χ2n) is 9.02. The molecule has 2 aromatic carbocycles. The van der Waals surface area contributed by atoms with Crippen LogP contribution in [0.25, 0.3) is 0 Å². The maximum Gasteiger partial charge on any atom is 0.254 e. The summed E-state index contributed by atoms with van der Waals surface area (Å²) in [5.74, 6) is -0.126. The Kier molecular flexibility index (Phi) is 4.90. The first-order valence-corrected chi connectivity index (χ1v) is 10.8. The van der Waals surface area contributed by atoms with Gasteiger partial charge in [-0.2, -0.15) is 0 Å². The number of nitrogens with zero attached hydrogens (tertiary/aromatic N) is 2. The van der Waals surface area contributed by atoms with Gasteiger partial charge in [0.1, 0.15) is 7.85 Å². The maximum absolute atomic E-state index is 13.0. The number of amides is 2. The largest absolute Gasteiger partial charge is 0.350 e. The fourth-order valence-electron chi connectivity index (χ4n) is 4.97. The Balaban J connectivity index is 0.00000231. The van der Waals surface area contributed by atoms with Crippen LogP contribution in [0.15, 0.2) is 48.5 Å². The Morgan fingerprint density at radius 1 is 1.20 bits per heavy atom. The molecule has 154 valence electrons. The monoisotopic (exact) mass is 401 g/mol. The molecule has 2 amide bonds. The van der Waals surface area contributed by atoms with Crippen molar-refractivity contribution in [3.8, 4) is 0 Å². The van der Waals surface area contributed by atoms with E-state index in [0.29, 0.717) is 17.6 Å². The van der Waals surface area contributed by atoms with E-state index in [1.165, 1.54) is 5.56 Å². The summed E-state index contributed by atoms with van der Waals surface area (Å²) >= 11 is 0. The Bertz CT molecular complexity index is 980. The third-order valence-corrected chi connectivity index (χ3v) is 6.70. The Labute approximate surface area is 180 Å². The van der Waals surface area contributed by atoms with Crippen LogP contribution >= 0.6 is 0 Å². The molecule has 30 heavy (non-hydrogen) atoms. The number of rotatable bonds is 5.